The number of hydrogen-bond donors (Lipinski definition) is 3. The standard InChI is InChI=1S/C19H28N4O4S/c1-2-9-20-18(24)15-21-19(25)16-22-10-12-23(13-11-22)28(26,27)14-8-17-6-4-3-5-7-17/h3-8,14H,2,9-13,15-16H2,1H3,(H,20,24)(H,21,25)/p+1/b14-8+. The van der Waals surface area contributed by atoms with Crippen molar-refractivity contribution in [3.05, 3.63) is 41.3 Å². The van der Waals surface area contributed by atoms with Gasteiger partial charge in [0.2, 0.25) is 15.9 Å². The second-order valence-corrected chi connectivity index (χ2v) is 8.53. The molecule has 1 saturated heterocycles. The first-order valence-corrected chi connectivity index (χ1v) is 11.0. The predicted molar refractivity (Wildman–Crippen MR) is 108 cm³/mol. The lowest BCUT2D eigenvalue weighted by Crippen LogP contribution is -3.15. The van der Waals surface area contributed by atoms with Gasteiger partial charge in [0.1, 0.15) is 0 Å². The van der Waals surface area contributed by atoms with E-state index in [9.17, 15) is 18.0 Å². The van der Waals surface area contributed by atoms with Crippen LogP contribution in [0, 0.1) is 0 Å². The monoisotopic (exact) mass is 409 g/mol. The van der Waals surface area contributed by atoms with Crippen LogP contribution in [-0.2, 0) is 19.6 Å². The smallest absolute Gasteiger partial charge is 0.275 e. The zero-order valence-electron chi connectivity index (χ0n) is 16.2. The molecule has 1 aromatic rings. The van der Waals surface area contributed by atoms with Crippen LogP contribution in [0.4, 0.5) is 0 Å². The summed E-state index contributed by atoms with van der Waals surface area (Å²) in [5.41, 5.74) is 0.829. The minimum absolute atomic E-state index is 0.0309. The van der Waals surface area contributed by atoms with E-state index in [4.69, 9.17) is 0 Å². The van der Waals surface area contributed by atoms with Gasteiger partial charge < -0.3 is 15.5 Å². The highest BCUT2D eigenvalue weighted by atomic mass is 32.2. The summed E-state index contributed by atoms with van der Waals surface area (Å²) in [6, 6.07) is 9.27. The third-order valence-corrected chi connectivity index (χ3v) is 6.02. The summed E-state index contributed by atoms with van der Waals surface area (Å²) in [4.78, 5) is 24.5. The Kier molecular flexibility index (Phi) is 8.62. The highest BCUT2D eigenvalue weighted by Gasteiger charge is 2.28. The van der Waals surface area contributed by atoms with Gasteiger partial charge >= 0.3 is 0 Å². The highest BCUT2D eigenvalue weighted by Crippen LogP contribution is 2.08. The Morgan fingerprint density at radius 3 is 2.43 bits per heavy atom. The van der Waals surface area contributed by atoms with Crippen LogP contribution in [0.15, 0.2) is 35.7 Å². The van der Waals surface area contributed by atoms with E-state index in [1.807, 2.05) is 37.3 Å². The van der Waals surface area contributed by atoms with Gasteiger partial charge in [-0.05, 0) is 18.1 Å². The maximum Gasteiger partial charge on any atom is 0.275 e. The van der Waals surface area contributed by atoms with E-state index in [0.29, 0.717) is 32.7 Å². The van der Waals surface area contributed by atoms with Gasteiger partial charge in [-0.2, -0.15) is 4.31 Å². The number of carbonyl (C=O) groups excluding carboxylic acids is 2. The number of hydrogen-bond acceptors (Lipinski definition) is 4. The van der Waals surface area contributed by atoms with Crippen LogP contribution in [0.1, 0.15) is 18.9 Å². The van der Waals surface area contributed by atoms with E-state index in [0.717, 1.165) is 16.9 Å². The highest BCUT2D eigenvalue weighted by molar-refractivity contribution is 7.92. The third kappa shape index (κ3) is 7.41. The first kappa shape index (κ1) is 22.1. The molecule has 1 aliphatic heterocycles. The van der Waals surface area contributed by atoms with E-state index in [1.165, 1.54) is 9.71 Å². The molecule has 28 heavy (non-hydrogen) atoms. The van der Waals surface area contributed by atoms with E-state index in [-0.39, 0.29) is 24.9 Å². The molecule has 2 rings (SSSR count). The molecule has 8 nitrogen and oxygen atoms in total. The molecule has 0 atom stereocenters. The van der Waals surface area contributed by atoms with Crippen LogP contribution < -0.4 is 15.5 Å². The Labute approximate surface area is 166 Å². The summed E-state index contributed by atoms with van der Waals surface area (Å²) in [5.74, 6) is -0.409. The van der Waals surface area contributed by atoms with Crippen LogP contribution in [-0.4, -0.2) is 70.4 Å². The quantitative estimate of drug-likeness (QED) is 0.479. The van der Waals surface area contributed by atoms with Crippen molar-refractivity contribution in [3.8, 4) is 0 Å². The average molecular weight is 410 g/mol. The molecule has 0 radical (unpaired) electrons. The first-order valence-electron chi connectivity index (χ1n) is 9.51. The van der Waals surface area contributed by atoms with Crippen LogP contribution in [0.2, 0.25) is 0 Å². The van der Waals surface area contributed by atoms with Crippen LogP contribution in [0.25, 0.3) is 6.08 Å². The maximum atomic E-state index is 12.5. The van der Waals surface area contributed by atoms with Crippen molar-refractivity contribution in [1.29, 1.82) is 0 Å². The summed E-state index contributed by atoms with van der Waals surface area (Å²) in [5, 5.41) is 6.53. The molecule has 0 aliphatic carbocycles. The zero-order valence-corrected chi connectivity index (χ0v) is 17.0. The van der Waals surface area contributed by atoms with Gasteiger partial charge in [-0.1, -0.05) is 37.3 Å². The van der Waals surface area contributed by atoms with Crippen LogP contribution >= 0.6 is 0 Å². The molecule has 0 unspecified atom stereocenters. The summed E-state index contributed by atoms with van der Waals surface area (Å²) in [6.07, 6.45) is 2.43. The van der Waals surface area contributed by atoms with Gasteiger partial charge in [0.15, 0.2) is 6.54 Å². The molecule has 0 saturated carbocycles. The fourth-order valence-corrected chi connectivity index (χ4v) is 4.04. The van der Waals surface area contributed by atoms with Gasteiger partial charge in [0.25, 0.3) is 5.91 Å². The van der Waals surface area contributed by atoms with E-state index < -0.39 is 10.0 Å². The molecule has 9 heteroatoms. The van der Waals surface area contributed by atoms with Crippen molar-refractivity contribution in [3.63, 3.8) is 0 Å². The number of sulfonamides is 1. The number of piperazine rings is 1. The van der Waals surface area contributed by atoms with Gasteiger partial charge in [-0.25, -0.2) is 8.42 Å². The molecular formula is C19H29N4O4S+. The number of nitrogens with zero attached hydrogens (tertiary/aromatic N) is 1. The van der Waals surface area contributed by atoms with Gasteiger partial charge in [0, 0.05) is 12.0 Å². The Bertz CT molecular complexity index is 772. The van der Waals surface area contributed by atoms with Crippen molar-refractivity contribution in [1.82, 2.24) is 14.9 Å². The summed E-state index contributed by atoms with van der Waals surface area (Å²) in [6.45, 7) is 4.57. The second-order valence-electron chi connectivity index (χ2n) is 6.71. The lowest BCUT2D eigenvalue weighted by Gasteiger charge is -2.30. The molecule has 0 aromatic heterocycles. The molecule has 1 fully saturated rings. The van der Waals surface area contributed by atoms with Crippen molar-refractivity contribution in [2.75, 3.05) is 45.8 Å². The second kappa shape index (κ2) is 10.9. The SMILES string of the molecule is CCCNC(=O)CNC(=O)C[NH+]1CCN(S(=O)(=O)/C=C/c2ccccc2)CC1. The first-order chi connectivity index (χ1) is 13.4. The zero-order chi connectivity index (χ0) is 20.4. The number of nitrogens with one attached hydrogen (secondary N) is 3. The topological polar surface area (TPSA) is 100 Å². The average Bonchev–Trinajstić information content (AvgIpc) is 2.70. The number of quaternary nitrogens is 1. The van der Waals surface area contributed by atoms with Crippen molar-refractivity contribution in [2.45, 2.75) is 13.3 Å². The van der Waals surface area contributed by atoms with Crippen LogP contribution in [0.3, 0.4) is 0 Å². The number of benzene rings is 1. The number of amides is 2. The summed E-state index contributed by atoms with van der Waals surface area (Å²) < 4.78 is 26.4. The minimum atomic E-state index is -3.48. The minimum Gasteiger partial charge on any atom is -0.355 e. The van der Waals surface area contributed by atoms with Crippen LogP contribution in [0.5, 0.6) is 0 Å². The van der Waals surface area contributed by atoms with Gasteiger partial charge in [-0.15, -0.1) is 0 Å². The molecule has 0 spiro atoms. The Morgan fingerprint density at radius 1 is 1.11 bits per heavy atom. The fourth-order valence-electron chi connectivity index (χ4n) is 2.84. The van der Waals surface area contributed by atoms with Gasteiger partial charge in [-0.3, -0.25) is 9.59 Å². The Balaban J connectivity index is 1.75. The van der Waals surface area contributed by atoms with Crippen molar-refractivity contribution >= 4 is 27.9 Å². The Hall–Kier alpha value is -2.23. The Morgan fingerprint density at radius 2 is 1.79 bits per heavy atom. The fraction of sp³-hybridized carbons (Fsp3) is 0.474. The molecular weight excluding hydrogens is 380 g/mol. The molecule has 154 valence electrons. The van der Waals surface area contributed by atoms with E-state index >= 15 is 0 Å². The third-order valence-electron chi connectivity index (χ3n) is 4.45. The summed E-state index contributed by atoms with van der Waals surface area (Å²) >= 11 is 0. The van der Waals surface area contributed by atoms with E-state index in [1.54, 1.807) is 6.08 Å². The van der Waals surface area contributed by atoms with Gasteiger partial charge in [0.05, 0.1) is 32.7 Å². The lowest BCUT2D eigenvalue weighted by molar-refractivity contribution is -0.895. The number of rotatable bonds is 9. The lowest BCUT2D eigenvalue weighted by atomic mass is 10.2. The van der Waals surface area contributed by atoms with E-state index in [2.05, 4.69) is 10.6 Å². The molecule has 1 aliphatic rings. The summed E-state index contributed by atoms with van der Waals surface area (Å²) in [7, 11) is -3.48. The largest absolute Gasteiger partial charge is 0.355 e. The number of carbonyl (C=O) groups is 2. The molecule has 3 N–H and O–H groups in total. The van der Waals surface area contributed by atoms with Crippen molar-refractivity contribution in [2.24, 2.45) is 0 Å². The molecule has 1 heterocycles. The maximum absolute atomic E-state index is 12.5. The molecule has 0 bridgehead atoms. The molecule has 2 amide bonds. The predicted octanol–water partition coefficient (Wildman–Crippen LogP) is -1.17. The molecule has 1 aromatic carbocycles. The van der Waals surface area contributed by atoms with Crippen molar-refractivity contribution < 1.29 is 22.9 Å². The normalized spacial score (nSPS) is 16.2.